The first kappa shape index (κ1) is 30.4. The van der Waals surface area contributed by atoms with Crippen LogP contribution in [0.15, 0.2) is 13.2 Å². The molecule has 4 rings (SSSR count). The standard InChI is InChI=1S/C33H34N4O6/c1-7-20-16(3)24(13-26-18(5)22(32(42)36-26)9-11-30(38)39)34-28(20)15-29-21(8-2)17(4)25(35-29)14-27-19(6)23(33(43)37-27)10-12-31(40)41/h7-8,13,15,34-37,42-43H,1-2,5-6,9-12H2,3-4H3,(H,38,39)(H,40,41). The first-order chi connectivity index (χ1) is 20.4. The predicted molar refractivity (Wildman–Crippen MR) is 167 cm³/mol. The van der Waals surface area contributed by atoms with Crippen LogP contribution in [0.1, 0.15) is 57.6 Å². The van der Waals surface area contributed by atoms with Gasteiger partial charge < -0.3 is 40.4 Å². The molecule has 4 heterocycles. The molecule has 0 radical (unpaired) electrons. The van der Waals surface area contributed by atoms with Crippen LogP contribution in [-0.4, -0.2) is 52.3 Å². The number of rotatable bonds is 10. The van der Waals surface area contributed by atoms with Gasteiger partial charge in [0.1, 0.15) is 0 Å². The Morgan fingerprint density at radius 2 is 1.28 bits per heavy atom. The van der Waals surface area contributed by atoms with Crippen molar-refractivity contribution in [3.63, 3.8) is 0 Å². The van der Waals surface area contributed by atoms with E-state index in [2.05, 4.69) is 52.0 Å². The van der Waals surface area contributed by atoms with Gasteiger partial charge in [-0.3, -0.25) is 9.59 Å². The molecule has 10 nitrogen and oxygen atoms in total. The molecule has 0 spiro atoms. The van der Waals surface area contributed by atoms with E-state index >= 15 is 0 Å². The van der Waals surface area contributed by atoms with E-state index in [9.17, 15) is 19.8 Å². The fraction of sp³-hybridized carbons (Fsp3) is 0.182. The Kier molecular flexibility index (Phi) is 8.54. The molecule has 0 atom stereocenters. The number of nitrogens with one attached hydrogen (secondary N) is 4. The lowest BCUT2D eigenvalue weighted by Crippen LogP contribution is -2.25. The third-order valence-electron chi connectivity index (χ3n) is 7.53. The normalized spacial score (nSPS) is 12.0. The van der Waals surface area contributed by atoms with Gasteiger partial charge in [-0.05, 0) is 55.2 Å². The van der Waals surface area contributed by atoms with E-state index in [1.807, 2.05) is 26.0 Å². The summed E-state index contributed by atoms with van der Waals surface area (Å²) in [5.74, 6) is -2.17. The van der Waals surface area contributed by atoms with E-state index < -0.39 is 11.9 Å². The zero-order valence-corrected chi connectivity index (χ0v) is 24.1. The van der Waals surface area contributed by atoms with Crippen LogP contribution in [-0.2, 0) is 22.4 Å². The molecule has 0 bridgehead atoms. The van der Waals surface area contributed by atoms with Crippen molar-refractivity contribution in [2.45, 2.75) is 39.5 Å². The van der Waals surface area contributed by atoms with Crippen LogP contribution in [0.4, 0.5) is 0 Å². The number of aromatic amines is 4. The van der Waals surface area contributed by atoms with Gasteiger partial charge in [-0.25, -0.2) is 0 Å². The van der Waals surface area contributed by atoms with Gasteiger partial charge in [0.05, 0.1) is 16.0 Å². The second-order valence-electron chi connectivity index (χ2n) is 10.2. The Bertz CT molecular complexity index is 2150. The molecule has 222 valence electrons. The lowest BCUT2D eigenvalue weighted by atomic mass is 10.1. The first-order valence-electron chi connectivity index (χ1n) is 13.5. The minimum atomic E-state index is -0.969. The molecule has 4 aromatic rings. The maximum Gasteiger partial charge on any atom is 0.303 e. The molecule has 0 saturated heterocycles. The molecule has 0 saturated carbocycles. The van der Waals surface area contributed by atoms with Crippen LogP contribution in [0.3, 0.4) is 0 Å². The molecule has 0 unspecified atom stereocenters. The predicted octanol–water partition coefficient (Wildman–Crippen LogP) is 0.577. The van der Waals surface area contributed by atoms with Crippen LogP contribution < -0.4 is 31.8 Å². The highest BCUT2D eigenvalue weighted by Crippen LogP contribution is 2.21. The Hall–Kier alpha value is -5.60. The maximum atomic E-state index is 11.0. The summed E-state index contributed by atoms with van der Waals surface area (Å²) in [4.78, 5) is 34.5. The van der Waals surface area contributed by atoms with Gasteiger partial charge in [-0.15, -0.1) is 0 Å². The highest BCUT2D eigenvalue weighted by molar-refractivity contribution is 5.72. The van der Waals surface area contributed by atoms with Crippen molar-refractivity contribution < 1.29 is 30.0 Å². The molecule has 0 aromatic carbocycles. The van der Waals surface area contributed by atoms with Gasteiger partial charge in [-0.1, -0.05) is 44.2 Å². The number of carboxylic acids is 2. The van der Waals surface area contributed by atoms with Gasteiger partial charge in [-0.2, -0.15) is 0 Å². The summed E-state index contributed by atoms with van der Waals surface area (Å²) in [7, 11) is 0. The Labute approximate surface area is 246 Å². The van der Waals surface area contributed by atoms with Crippen LogP contribution in [0.25, 0.3) is 43.2 Å². The summed E-state index contributed by atoms with van der Waals surface area (Å²) < 4.78 is 0. The second kappa shape index (κ2) is 12.1. The van der Waals surface area contributed by atoms with Crippen molar-refractivity contribution in [1.29, 1.82) is 0 Å². The number of carboxylic acid groups (broad SMARTS) is 2. The van der Waals surface area contributed by atoms with Crippen molar-refractivity contribution in [2.24, 2.45) is 0 Å². The summed E-state index contributed by atoms with van der Waals surface area (Å²) in [6.07, 6.45) is 7.22. The van der Waals surface area contributed by atoms with E-state index in [0.717, 1.165) is 39.0 Å². The third-order valence-corrected chi connectivity index (χ3v) is 7.53. The molecule has 0 aliphatic rings. The highest BCUT2D eigenvalue weighted by atomic mass is 16.4. The van der Waals surface area contributed by atoms with Crippen molar-refractivity contribution in [1.82, 2.24) is 19.9 Å². The number of aromatic hydroxyl groups is 2. The Morgan fingerprint density at radius 1 is 0.721 bits per heavy atom. The number of hydrogen-bond donors (Lipinski definition) is 8. The highest BCUT2D eigenvalue weighted by Gasteiger charge is 2.13. The van der Waals surface area contributed by atoms with Crippen LogP contribution in [0.5, 0.6) is 11.8 Å². The summed E-state index contributed by atoms with van der Waals surface area (Å²) in [5.41, 5.74) is 9.07. The molecular weight excluding hydrogens is 548 g/mol. The molecule has 0 aliphatic carbocycles. The van der Waals surface area contributed by atoms with Crippen LogP contribution >= 0.6 is 0 Å². The van der Waals surface area contributed by atoms with Gasteiger partial charge in [0.2, 0.25) is 0 Å². The quantitative estimate of drug-likeness (QED) is 0.136. The van der Waals surface area contributed by atoms with E-state index in [1.165, 1.54) is 0 Å². The maximum absolute atomic E-state index is 11.0. The number of aliphatic carboxylic acids is 2. The molecule has 8 N–H and O–H groups in total. The summed E-state index contributed by atoms with van der Waals surface area (Å²) in [6.45, 7) is 19.8. The lowest BCUT2D eigenvalue weighted by Gasteiger charge is -1.94. The van der Waals surface area contributed by atoms with Crippen LogP contribution in [0.2, 0.25) is 0 Å². The smallest absolute Gasteiger partial charge is 0.303 e. The van der Waals surface area contributed by atoms with E-state index in [4.69, 9.17) is 10.2 Å². The zero-order chi connectivity index (χ0) is 31.6. The second-order valence-corrected chi connectivity index (χ2v) is 10.2. The van der Waals surface area contributed by atoms with Crippen molar-refractivity contribution >= 4 is 55.1 Å². The SMILES string of the molecule is C=Cc1c(C=c2[nH]c(=C=c3[nH]c(O)c(CCC(=O)O)c3=C)c(C)c2C=C)[nH]c(C=c2[nH]c(O)c(CCC(=O)O)c2=C)c1C. The monoisotopic (exact) mass is 582 g/mol. The minimum Gasteiger partial charge on any atom is -0.494 e. The largest absolute Gasteiger partial charge is 0.494 e. The topological polar surface area (TPSA) is 178 Å². The first-order valence-corrected chi connectivity index (χ1v) is 13.5. The molecule has 10 heteroatoms. The van der Waals surface area contributed by atoms with Gasteiger partial charge in [0.25, 0.3) is 0 Å². The number of hydrogen-bond acceptors (Lipinski definition) is 4. The van der Waals surface area contributed by atoms with E-state index in [-0.39, 0.29) is 37.4 Å². The van der Waals surface area contributed by atoms with E-state index in [1.54, 1.807) is 12.2 Å². The van der Waals surface area contributed by atoms with Gasteiger partial charge in [0.15, 0.2) is 11.8 Å². The summed E-state index contributed by atoms with van der Waals surface area (Å²) in [6, 6.07) is 0. The Morgan fingerprint density at radius 3 is 1.86 bits per heavy atom. The third kappa shape index (κ3) is 6.05. The molecule has 43 heavy (non-hydrogen) atoms. The number of carbonyl (C=O) groups is 2. The fourth-order valence-electron chi connectivity index (χ4n) is 5.10. The fourth-order valence-corrected chi connectivity index (χ4v) is 5.10. The van der Waals surface area contributed by atoms with Crippen molar-refractivity contribution in [2.75, 3.05) is 0 Å². The number of H-pyrrole nitrogens is 4. The average Bonchev–Trinajstić information content (AvgIpc) is 3.58. The summed E-state index contributed by atoms with van der Waals surface area (Å²) >= 11 is 0. The molecule has 0 fully saturated rings. The summed E-state index contributed by atoms with van der Waals surface area (Å²) in [5, 5.41) is 42.1. The van der Waals surface area contributed by atoms with Gasteiger partial charge >= 0.3 is 11.9 Å². The number of aromatic nitrogens is 4. The minimum absolute atomic E-state index is 0.107. The zero-order valence-electron chi connectivity index (χ0n) is 24.1. The van der Waals surface area contributed by atoms with Crippen LogP contribution in [0, 0.1) is 13.8 Å². The van der Waals surface area contributed by atoms with Crippen molar-refractivity contribution in [3.05, 3.63) is 89.8 Å². The molecular formula is C33H34N4O6. The average molecular weight is 583 g/mol. The van der Waals surface area contributed by atoms with Gasteiger partial charge in [0, 0.05) is 57.1 Å². The Balaban J connectivity index is 1.88. The lowest BCUT2D eigenvalue weighted by molar-refractivity contribution is -0.138. The van der Waals surface area contributed by atoms with Crippen molar-refractivity contribution in [3.8, 4) is 11.8 Å². The molecule has 4 aromatic heterocycles. The molecule has 0 aliphatic heterocycles. The molecule has 0 amide bonds. The van der Waals surface area contributed by atoms with E-state index in [0.29, 0.717) is 37.6 Å².